The maximum absolute atomic E-state index is 13.6. The number of rotatable bonds is 17. The highest BCUT2D eigenvalue weighted by Gasteiger charge is 2.33. The number of primary amides is 1. The number of hydrogen-bond donors (Lipinski definition) is 1. The second-order valence-corrected chi connectivity index (χ2v) is 12.9. The Morgan fingerprint density at radius 1 is 0.979 bits per heavy atom. The van der Waals surface area contributed by atoms with Crippen LogP contribution in [0.3, 0.4) is 0 Å². The Labute approximate surface area is 272 Å². The van der Waals surface area contributed by atoms with Gasteiger partial charge in [-0.1, -0.05) is 6.07 Å². The average Bonchev–Trinajstić information content (AvgIpc) is 3.81. The van der Waals surface area contributed by atoms with Gasteiger partial charge in [-0.3, -0.25) is 9.10 Å². The van der Waals surface area contributed by atoms with Gasteiger partial charge in [0.2, 0.25) is 10.0 Å². The van der Waals surface area contributed by atoms with Crippen LogP contribution in [0.1, 0.15) is 52.0 Å². The molecule has 11 nitrogen and oxygen atoms in total. The van der Waals surface area contributed by atoms with E-state index in [1.807, 2.05) is 0 Å². The number of benzene rings is 3. The number of sulfonamides is 1. The number of amides is 1. The third-order valence-corrected chi connectivity index (χ3v) is 8.71. The normalized spacial score (nSPS) is 13.1. The molecule has 0 bridgehead atoms. The Kier molecular flexibility index (Phi) is 10.8. The molecule has 5 rings (SSSR count). The van der Waals surface area contributed by atoms with Gasteiger partial charge in [-0.2, -0.15) is 0 Å². The molecule has 0 aliphatic heterocycles. The summed E-state index contributed by atoms with van der Waals surface area (Å²) in [6, 6.07) is 15.6. The van der Waals surface area contributed by atoms with E-state index < -0.39 is 27.7 Å². The minimum atomic E-state index is -3.73. The number of nitrogens with zero attached hydrogens (tertiary/aromatic N) is 1. The van der Waals surface area contributed by atoms with Crippen molar-refractivity contribution in [3.05, 3.63) is 83.2 Å². The standard InChI is InChI=1S/C34H37FN2O9S/c1-3-44-34(39)24-5-4-6-26(19-24)45-18-17-43-16-15-42-14-13-37(47(2,40)41)29-21-30-28(20-27(29)22-7-8-22)31(33(36)38)32(46-30)23-9-11-25(35)12-10-23/h4-6,9-12,19-22H,3,7-8,13-18H2,1-2H3,(H2,36,38). The number of hydrogen-bond acceptors (Lipinski definition) is 9. The molecule has 250 valence electrons. The Morgan fingerprint density at radius 3 is 2.34 bits per heavy atom. The van der Waals surface area contributed by atoms with Gasteiger partial charge >= 0.3 is 5.97 Å². The number of furan rings is 1. The van der Waals surface area contributed by atoms with Gasteiger partial charge < -0.3 is 29.1 Å². The second-order valence-electron chi connectivity index (χ2n) is 11.0. The van der Waals surface area contributed by atoms with Crippen LogP contribution in [0.5, 0.6) is 5.75 Å². The number of anilines is 1. The molecule has 4 aromatic rings. The third kappa shape index (κ3) is 8.47. The third-order valence-electron chi connectivity index (χ3n) is 7.53. The Bertz CT molecular complexity index is 1840. The SMILES string of the molecule is CCOC(=O)c1cccc(OCCOCCOCCN(c2cc3oc(-c4ccc(F)cc4)c(C(N)=O)c3cc2C2CC2)S(C)(=O)=O)c1. The van der Waals surface area contributed by atoms with Gasteiger partial charge in [0.1, 0.15) is 29.5 Å². The van der Waals surface area contributed by atoms with Gasteiger partial charge in [-0.25, -0.2) is 17.6 Å². The first kappa shape index (κ1) is 33.9. The van der Waals surface area contributed by atoms with Crippen molar-refractivity contribution in [1.29, 1.82) is 0 Å². The van der Waals surface area contributed by atoms with Gasteiger partial charge in [0.05, 0.1) is 62.6 Å². The van der Waals surface area contributed by atoms with Crippen LogP contribution in [-0.4, -0.2) is 72.7 Å². The summed E-state index contributed by atoms with van der Waals surface area (Å²) in [5.41, 5.74) is 8.29. The number of esters is 1. The van der Waals surface area contributed by atoms with E-state index >= 15 is 0 Å². The lowest BCUT2D eigenvalue weighted by Gasteiger charge is -2.25. The van der Waals surface area contributed by atoms with Crippen LogP contribution in [0, 0.1) is 5.82 Å². The molecule has 1 aliphatic carbocycles. The Morgan fingerprint density at radius 2 is 1.68 bits per heavy atom. The van der Waals surface area contributed by atoms with E-state index in [9.17, 15) is 22.4 Å². The van der Waals surface area contributed by atoms with Crippen LogP contribution in [0.4, 0.5) is 10.1 Å². The molecule has 0 unspecified atom stereocenters. The van der Waals surface area contributed by atoms with Gasteiger partial charge in [0.25, 0.3) is 5.91 Å². The topological polar surface area (TPSA) is 148 Å². The molecule has 2 N–H and O–H groups in total. The first-order chi connectivity index (χ1) is 22.6. The molecule has 1 heterocycles. The first-order valence-electron chi connectivity index (χ1n) is 15.3. The molecule has 47 heavy (non-hydrogen) atoms. The maximum atomic E-state index is 13.6. The minimum Gasteiger partial charge on any atom is -0.491 e. The molecule has 0 radical (unpaired) electrons. The Balaban J connectivity index is 1.20. The van der Waals surface area contributed by atoms with Crippen molar-refractivity contribution in [2.24, 2.45) is 5.73 Å². The monoisotopic (exact) mass is 668 g/mol. The van der Waals surface area contributed by atoms with Crippen molar-refractivity contribution < 1.29 is 45.8 Å². The van der Waals surface area contributed by atoms with Crippen molar-refractivity contribution in [3.63, 3.8) is 0 Å². The molecular weight excluding hydrogens is 631 g/mol. The average molecular weight is 669 g/mol. The second kappa shape index (κ2) is 15.0. The van der Waals surface area contributed by atoms with Crippen molar-refractivity contribution in [2.75, 3.05) is 56.7 Å². The number of fused-ring (bicyclic) bond motifs is 1. The molecular formula is C34H37FN2O9S. The molecule has 1 saturated carbocycles. The van der Waals surface area contributed by atoms with Gasteiger partial charge in [-0.15, -0.1) is 0 Å². The Hall–Kier alpha value is -4.46. The molecule has 1 amide bonds. The van der Waals surface area contributed by atoms with Crippen molar-refractivity contribution >= 4 is 38.6 Å². The van der Waals surface area contributed by atoms with E-state index in [-0.39, 0.29) is 69.0 Å². The summed E-state index contributed by atoms with van der Waals surface area (Å²) in [5, 5.41) is 0.472. The summed E-state index contributed by atoms with van der Waals surface area (Å²) in [6.45, 7) is 3.19. The van der Waals surface area contributed by atoms with Crippen molar-refractivity contribution in [3.8, 4) is 17.1 Å². The van der Waals surface area contributed by atoms with Gasteiger partial charge in [0.15, 0.2) is 0 Å². The zero-order valence-electron chi connectivity index (χ0n) is 26.2. The highest BCUT2D eigenvalue weighted by atomic mass is 32.2. The summed E-state index contributed by atoms with van der Waals surface area (Å²) in [7, 11) is -3.73. The van der Waals surface area contributed by atoms with Gasteiger partial charge in [0, 0.05) is 17.0 Å². The summed E-state index contributed by atoms with van der Waals surface area (Å²) in [4.78, 5) is 24.4. The molecule has 1 aliphatic rings. The number of carbonyl (C=O) groups excluding carboxylic acids is 2. The molecule has 0 atom stereocenters. The molecule has 0 spiro atoms. The van der Waals surface area contributed by atoms with Crippen LogP contribution in [-0.2, 0) is 24.2 Å². The molecule has 1 fully saturated rings. The predicted molar refractivity (Wildman–Crippen MR) is 174 cm³/mol. The highest BCUT2D eigenvalue weighted by molar-refractivity contribution is 7.92. The highest BCUT2D eigenvalue weighted by Crippen LogP contribution is 2.48. The molecule has 0 saturated heterocycles. The van der Waals surface area contributed by atoms with Crippen LogP contribution in [0.25, 0.3) is 22.3 Å². The van der Waals surface area contributed by atoms with Crippen molar-refractivity contribution in [2.45, 2.75) is 25.7 Å². The molecule has 3 aromatic carbocycles. The summed E-state index contributed by atoms with van der Waals surface area (Å²) >= 11 is 0. The molecule has 1 aromatic heterocycles. The van der Waals surface area contributed by atoms with E-state index in [4.69, 9.17) is 29.1 Å². The van der Waals surface area contributed by atoms with Crippen LogP contribution in [0.2, 0.25) is 0 Å². The quantitative estimate of drug-likeness (QED) is 0.117. The lowest BCUT2D eigenvalue weighted by molar-refractivity contribution is 0.0389. The first-order valence-corrected chi connectivity index (χ1v) is 17.1. The van der Waals surface area contributed by atoms with E-state index in [0.717, 1.165) is 24.7 Å². The summed E-state index contributed by atoms with van der Waals surface area (Å²) in [5.74, 6) is -0.733. The van der Waals surface area contributed by atoms with Crippen molar-refractivity contribution in [1.82, 2.24) is 0 Å². The van der Waals surface area contributed by atoms with E-state index in [0.29, 0.717) is 28.0 Å². The van der Waals surface area contributed by atoms with E-state index in [2.05, 4.69) is 0 Å². The van der Waals surface area contributed by atoms with Crippen LogP contribution in [0.15, 0.2) is 65.1 Å². The fourth-order valence-electron chi connectivity index (χ4n) is 5.22. The zero-order chi connectivity index (χ0) is 33.6. The largest absolute Gasteiger partial charge is 0.491 e. The minimum absolute atomic E-state index is 0.0399. The number of carbonyl (C=O) groups is 2. The number of ether oxygens (including phenoxy) is 4. The fraction of sp³-hybridized carbons (Fsp3) is 0.353. The molecule has 13 heteroatoms. The van der Waals surface area contributed by atoms with Crippen LogP contribution < -0.4 is 14.8 Å². The lowest BCUT2D eigenvalue weighted by atomic mass is 10.0. The number of halogens is 1. The zero-order valence-corrected chi connectivity index (χ0v) is 27.0. The number of nitrogens with two attached hydrogens (primary N) is 1. The van der Waals surface area contributed by atoms with Crippen LogP contribution >= 0.6 is 0 Å². The smallest absolute Gasteiger partial charge is 0.338 e. The lowest BCUT2D eigenvalue weighted by Crippen LogP contribution is -2.34. The fourth-order valence-corrected chi connectivity index (χ4v) is 6.14. The van der Waals surface area contributed by atoms with E-state index in [1.165, 1.54) is 28.6 Å². The van der Waals surface area contributed by atoms with E-state index in [1.54, 1.807) is 43.3 Å². The van der Waals surface area contributed by atoms with Gasteiger partial charge in [-0.05, 0) is 79.8 Å². The maximum Gasteiger partial charge on any atom is 0.338 e. The summed E-state index contributed by atoms with van der Waals surface area (Å²) < 4.78 is 68.9. The predicted octanol–water partition coefficient (Wildman–Crippen LogP) is 5.27. The summed E-state index contributed by atoms with van der Waals surface area (Å²) in [6.07, 6.45) is 2.87.